The summed E-state index contributed by atoms with van der Waals surface area (Å²) in [4.78, 5) is 11.5. The molecule has 0 aliphatic heterocycles. The van der Waals surface area contributed by atoms with Crippen molar-refractivity contribution in [2.24, 2.45) is 0 Å². The van der Waals surface area contributed by atoms with Crippen LogP contribution >= 0.6 is 0 Å². The Morgan fingerprint density at radius 3 is 2.17 bits per heavy atom. The second-order valence-corrected chi connectivity index (χ2v) is 8.64. The van der Waals surface area contributed by atoms with Crippen LogP contribution in [0, 0.1) is 0 Å². The van der Waals surface area contributed by atoms with Crippen molar-refractivity contribution >= 4 is 54.1 Å². The number of unbranched alkanes of at least 4 members (excludes halogenated alkanes) is 1. The summed E-state index contributed by atoms with van der Waals surface area (Å²) < 4.78 is 33.3. The smallest absolute Gasteiger partial charge is 0.326 e. The maximum absolute atomic E-state index is 11.8. The Morgan fingerprint density at radius 1 is 0.966 bits per heavy atom. The topological polar surface area (TPSA) is 104 Å². The highest BCUT2D eigenvalue weighted by molar-refractivity contribution is 7.86. The second-order valence-electron chi connectivity index (χ2n) is 7.25. The third kappa shape index (κ3) is 3.36. The minimum Gasteiger partial charge on any atom is -0.480 e. The van der Waals surface area contributed by atoms with Crippen LogP contribution in [0.15, 0.2) is 53.4 Å². The first kappa shape index (κ1) is 19.4. The first-order valence-electron chi connectivity index (χ1n) is 9.48. The molecule has 150 valence electrons. The molecule has 0 fully saturated rings. The molecule has 0 aliphatic carbocycles. The highest BCUT2D eigenvalue weighted by Crippen LogP contribution is 2.40. The fourth-order valence-electron chi connectivity index (χ4n) is 3.98. The minimum atomic E-state index is -4.37. The predicted molar refractivity (Wildman–Crippen MR) is 115 cm³/mol. The summed E-state index contributed by atoms with van der Waals surface area (Å²) >= 11 is 0. The molecule has 0 saturated carbocycles. The summed E-state index contributed by atoms with van der Waals surface area (Å²) in [6.07, 6.45) is 2.22. The fourth-order valence-corrected chi connectivity index (χ4v) is 4.67. The van der Waals surface area contributed by atoms with Crippen LogP contribution in [-0.4, -0.2) is 30.1 Å². The Morgan fingerprint density at radius 2 is 1.55 bits per heavy atom. The molecule has 0 spiro atoms. The monoisotopic (exact) mass is 411 g/mol. The SMILES string of the molecule is CCCCC(Nc1ccc2ccc3c(S(=O)(=O)O)ccc4ccc1c2c43)C(=O)O. The Bertz CT molecular complexity index is 1330. The van der Waals surface area contributed by atoms with Gasteiger partial charge in [-0.15, -0.1) is 0 Å². The molecule has 6 nitrogen and oxygen atoms in total. The predicted octanol–water partition coefficient (Wildman–Crippen LogP) is 4.89. The minimum absolute atomic E-state index is 0.135. The van der Waals surface area contributed by atoms with Gasteiger partial charge in [0.25, 0.3) is 10.1 Å². The third-order valence-corrected chi connectivity index (χ3v) is 6.29. The molecule has 4 rings (SSSR count). The van der Waals surface area contributed by atoms with Crippen LogP contribution in [0.3, 0.4) is 0 Å². The molecule has 4 aromatic rings. The first-order chi connectivity index (χ1) is 13.8. The van der Waals surface area contributed by atoms with Crippen LogP contribution in [0.4, 0.5) is 5.69 Å². The number of carboxylic acid groups (broad SMARTS) is 1. The number of hydrogen-bond acceptors (Lipinski definition) is 4. The van der Waals surface area contributed by atoms with E-state index in [4.69, 9.17) is 0 Å². The summed E-state index contributed by atoms with van der Waals surface area (Å²) in [6, 6.07) is 13.4. The van der Waals surface area contributed by atoms with Crippen molar-refractivity contribution in [3.8, 4) is 0 Å². The summed E-state index contributed by atoms with van der Waals surface area (Å²) in [5.41, 5.74) is 0.688. The van der Waals surface area contributed by atoms with Crippen molar-refractivity contribution in [2.75, 3.05) is 5.32 Å². The van der Waals surface area contributed by atoms with Crippen molar-refractivity contribution in [2.45, 2.75) is 37.1 Å². The standard InChI is InChI=1S/C22H21NO5S/c1-2-3-4-18(22(24)25)23-17-11-7-13-6-10-16-19(29(26,27)28)12-8-14-5-9-15(17)20(13)21(14)16/h5-12,18,23H,2-4H2,1H3,(H,24,25)(H,26,27,28). The van der Waals surface area contributed by atoms with Crippen LogP contribution in [-0.2, 0) is 14.9 Å². The zero-order valence-electron chi connectivity index (χ0n) is 15.8. The lowest BCUT2D eigenvalue weighted by atomic mass is 9.93. The van der Waals surface area contributed by atoms with Gasteiger partial charge in [0.2, 0.25) is 0 Å². The van der Waals surface area contributed by atoms with E-state index in [0.29, 0.717) is 17.5 Å². The van der Waals surface area contributed by atoms with Gasteiger partial charge in [0.15, 0.2) is 0 Å². The van der Waals surface area contributed by atoms with Gasteiger partial charge in [-0.25, -0.2) is 4.79 Å². The van der Waals surface area contributed by atoms with Gasteiger partial charge in [-0.05, 0) is 40.1 Å². The van der Waals surface area contributed by atoms with Gasteiger partial charge in [0.1, 0.15) is 10.9 Å². The summed E-state index contributed by atoms with van der Waals surface area (Å²) in [5.74, 6) is -0.905. The molecule has 0 radical (unpaired) electrons. The van der Waals surface area contributed by atoms with E-state index >= 15 is 0 Å². The van der Waals surface area contributed by atoms with E-state index in [1.807, 2.05) is 37.3 Å². The highest BCUT2D eigenvalue weighted by atomic mass is 32.2. The first-order valence-corrected chi connectivity index (χ1v) is 10.9. The van der Waals surface area contributed by atoms with Crippen LogP contribution in [0.25, 0.3) is 32.3 Å². The van der Waals surface area contributed by atoms with Crippen LogP contribution < -0.4 is 5.32 Å². The van der Waals surface area contributed by atoms with E-state index in [1.165, 1.54) is 6.07 Å². The van der Waals surface area contributed by atoms with Crippen molar-refractivity contribution < 1.29 is 22.9 Å². The quantitative estimate of drug-likeness (QED) is 0.296. The zero-order chi connectivity index (χ0) is 20.8. The summed E-state index contributed by atoms with van der Waals surface area (Å²) in [5, 5.41) is 17.3. The van der Waals surface area contributed by atoms with E-state index < -0.39 is 22.1 Å². The maximum Gasteiger partial charge on any atom is 0.326 e. The molecule has 0 amide bonds. The number of rotatable bonds is 7. The molecule has 3 N–H and O–H groups in total. The van der Waals surface area contributed by atoms with E-state index in [9.17, 15) is 22.9 Å². The number of carboxylic acids is 1. The fraction of sp³-hybridized carbons (Fsp3) is 0.227. The van der Waals surface area contributed by atoms with Crippen LogP contribution in [0.2, 0.25) is 0 Å². The van der Waals surface area contributed by atoms with Crippen molar-refractivity contribution in [1.29, 1.82) is 0 Å². The number of aliphatic carboxylic acids is 1. The lowest BCUT2D eigenvalue weighted by Crippen LogP contribution is -2.29. The van der Waals surface area contributed by atoms with Gasteiger partial charge in [-0.1, -0.05) is 56.2 Å². The number of nitrogens with one attached hydrogen (secondary N) is 1. The number of hydrogen-bond donors (Lipinski definition) is 3. The Hall–Kier alpha value is -2.90. The van der Waals surface area contributed by atoms with Gasteiger partial charge in [-0.3, -0.25) is 4.55 Å². The van der Waals surface area contributed by atoms with Crippen molar-refractivity contribution in [3.05, 3.63) is 48.5 Å². The summed E-state index contributed by atoms with van der Waals surface area (Å²) in [6.45, 7) is 2.02. The molecule has 7 heteroatoms. The van der Waals surface area contributed by atoms with E-state index in [0.717, 1.165) is 39.8 Å². The van der Waals surface area contributed by atoms with Gasteiger partial charge >= 0.3 is 5.97 Å². The largest absolute Gasteiger partial charge is 0.480 e. The van der Waals surface area contributed by atoms with E-state index in [-0.39, 0.29) is 4.90 Å². The van der Waals surface area contributed by atoms with Crippen LogP contribution in [0.5, 0.6) is 0 Å². The average Bonchev–Trinajstić information content (AvgIpc) is 2.68. The molecular formula is C22H21NO5S. The Balaban J connectivity index is 1.97. The highest BCUT2D eigenvalue weighted by Gasteiger charge is 2.21. The molecule has 0 aliphatic rings. The second kappa shape index (κ2) is 7.17. The molecule has 1 atom stereocenters. The number of carbonyl (C=O) groups is 1. The molecule has 0 heterocycles. The lowest BCUT2D eigenvalue weighted by molar-refractivity contribution is -0.138. The van der Waals surface area contributed by atoms with Gasteiger partial charge in [-0.2, -0.15) is 8.42 Å². The Kier molecular flexibility index (Phi) is 4.80. The molecule has 0 saturated heterocycles. The van der Waals surface area contributed by atoms with E-state index in [1.54, 1.807) is 12.1 Å². The molecule has 0 aromatic heterocycles. The average molecular weight is 411 g/mol. The Labute approximate surface area is 168 Å². The number of anilines is 1. The van der Waals surface area contributed by atoms with E-state index in [2.05, 4.69) is 5.32 Å². The molecule has 29 heavy (non-hydrogen) atoms. The maximum atomic E-state index is 11.8. The molecular weight excluding hydrogens is 390 g/mol. The van der Waals surface area contributed by atoms with Gasteiger partial charge < -0.3 is 10.4 Å². The number of benzene rings is 4. The molecule has 4 aromatic carbocycles. The van der Waals surface area contributed by atoms with Crippen LogP contribution in [0.1, 0.15) is 26.2 Å². The van der Waals surface area contributed by atoms with Gasteiger partial charge in [0, 0.05) is 16.5 Å². The van der Waals surface area contributed by atoms with Crippen molar-refractivity contribution in [3.63, 3.8) is 0 Å². The van der Waals surface area contributed by atoms with Crippen molar-refractivity contribution in [1.82, 2.24) is 0 Å². The molecule has 1 unspecified atom stereocenters. The zero-order valence-corrected chi connectivity index (χ0v) is 16.7. The summed E-state index contributed by atoms with van der Waals surface area (Å²) in [7, 11) is -4.37. The van der Waals surface area contributed by atoms with Gasteiger partial charge in [0.05, 0.1) is 0 Å². The lowest BCUT2D eigenvalue weighted by Gasteiger charge is -2.19. The normalized spacial score (nSPS) is 13.3. The third-order valence-electron chi connectivity index (χ3n) is 5.38. The molecule has 0 bridgehead atoms.